The van der Waals surface area contributed by atoms with Gasteiger partial charge in [-0.05, 0) is 19.4 Å². The van der Waals surface area contributed by atoms with Crippen molar-refractivity contribution in [3.63, 3.8) is 0 Å². The highest BCUT2D eigenvalue weighted by Gasteiger charge is 2.32. The average molecular weight is 263 g/mol. The second-order valence-corrected chi connectivity index (χ2v) is 5.10. The lowest BCUT2D eigenvalue weighted by atomic mass is 9.98. The van der Waals surface area contributed by atoms with Gasteiger partial charge in [-0.3, -0.25) is 4.79 Å². The van der Waals surface area contributed by atoms with Gasteiger partial charge in [0, 0.05) is 38.6 Å². The van der Waals surface area contributed by atoms with E-state index < -0.39 is 5.54 Å². The molecule has 1 amide bonds. The van der Waals surface area contributed by atoms with Crippen LogP contribution in [0.2, 0.25) is 0 Å². The Balaban J connectivity index is 1.95. The summed E-state index contributed by atoms with van der Waals surface area (Å²) in [5.74, 6) is 0.754. The number of hydrogen-bond acceptors (Lipinski definition) is 5. The van der Waals surface area contributed by atoms with Gasteiger partial charge in [-0.15, -0.1) is 0 Å². The molecule has 1 aliphatic rings. The molecule has 0 radical (unpaired) electrons. The number of amides is 1. The van der Waals surface area contributed by atoms with Gasteiger partial charge in [0.1, 0.15) is 0 Å². The van der Waals surface area contributed by atoms with Gasteiger partial charge < -0.3 is 15.5 Å². The zero-order chi connectivity index (χ0) is 13.9. The summed E-state index contributed by atoms with van der Waals surface area (Å²) < 4.78 is 0. The molecule has 104 valence electrons. The Labute approximate surface area is 113 Å². The van der Waals surface area contributed by atoms with Crippen LogP contribution in [-0.4, -0.2) is 52.5 Å². The average Bonchev–Trinajstić information content (AvgIpc) is 2.47. The van der Waals surface area contributed by atoms with Crippen LogP contribution in [0, 0.1) is 0 Å². The first kappa shape index (κ1) is 13.7. The normalized spacial score (nSPS) is 19.1. The first-order valence-corrected chi connectivity index (χ1v) is 6.65. The number of hydrogen-bond donors (Lipinski definition) is 1. The number of anilines is 1. The van der Waals surface area contributed by atoms with Crippen molar-refractivity contribution in [3.8, 4) is 0 Å². The summed E-state index contributed by atoms with van der Waals surface area (Å²) in [6.07, 6.45) is 4.11. The summed E-state index contributed by atoms with van der Waals surface area (Å²) in [5.41, 5.74) is 5.25. The fourth-order valence-electron chi connectivity index (χ4n) is 2.08. The second kappa shape index (κ2) is 5.52. The molecular formula is C13H21N5O. The molecule has 6 nitrogen and oxygen atoms in total. The van der Waals surface area contributed by atoms with E-state index in [0.717, 1.165) is 19.0 Å². The highest BCUT2D eigenvalue weighted by atomic mass is 16.2. The summed E-state index contributed by atoms with van der Waals surface area (Å²) in [5, 5.41) is 0. The van der Waals surface area contributed by atoms with Gasteiger partial charge in [-0.1, -0.05) is 6.92 Å². The highest BCUT2D eigenvalue weighted by molar-refractivity contribution is 5.85. The van der Waals surface area contributed by atoms with E-state index in [4.69, 9.17) is 5.73 Å². The third-order valence-corrected chi connectivity index (χ3v) is 3.62. The van der Waals surface area contributed by atoms with Gasteiger partial charge >= 0.3 is 0 Å². The Bertz CT molecular complexity index is 426. The lowest BCUT2D eigenvalue weighted by molar-refractivity contribution is -0.136. The SMILES string of the molecule is CCC(C)(N)C(=O)N1CCN(c2ncccn2)CC1. The molecule has 1 atom stereocenters. The molecule has 1 aliphatic heterocycles. The predicted molar refractivity (Wildman–Crippen MR) is 73.7 cm³/mol. The first-order valence-electron chi connectivity index (χ1n) is 6.65. The minimum atomic E-state index is -0.759. The third-order valence-electron chi connectivity index (χ3n) is 3.62. The van der Waals surface area contributed by atoms with Gasteiger partial charge in [0.25, 0.3) is 0 Å². The molecular weight excluding hydrogens is 242 g/mol. The monoisotopic (exact) mass is 263 g/mol. The zero-order valence-electron chi connectivity index (χ0n) is 11.5. The molecule has 0 spiro atoms. The van der Waals surface area contributed by atoms with Crippen LogP contribution < -0.4 is 10.6 Å². The molecule has 1 saturated heterocycles. The maximum absolute atomic E-state index is 12.2. The van der Waals surface area contributed by atoms with E-state index in [2.05, 4.69) is 14.9 Å². The van der Waals surface area contributed by atoms with E-state index in [1.54, 1.807) is 25.4 Å². The van der Waals surface area contributed by atoms with Gasteiger partial charge in [0.05, 0.1) is 5.54 Å². The maximum Gasteiger partial charge on any atom is 0.242 e. The topological polar surface area (TPSA) is 75.4 Å². The molecule has 0 bridgehead atoms. The third kappa shape index (κ3) is 3.01. The van der Waals surface area contributed by atoms with Crippen LogP contribution in [-0.2, 0) is 4.79 Å². The van der Waals surface area contributed by atoms with Crippen molar-refractivity contribution in [2.24, 2.45) is 5.73 Å². The van der Waals surface area contributed by atoms with E-state index in [9.17, 15) is 4.79 Å². The van der Waals surface area contributed by atoms with E-state index in [1.807, 2.05) is 11.8 Å². The van der Waals surface area contributed by atoms with Crippen molar-refractivity contribution in [1.29, 1.82) is 0 Å². The van der Waals surface area contributed by atoms with Crippen molar-refractivity contribution in [2.45, 2.75) is 25.8 Å². The number of rotatable bonds is 3. The lowest BCUT2D eigenvalue weighted by Gasteiger charge is -2.38. The summed E-state index contributed by atoms with van der Waals surface area (Å²) in [6, 6.07) is 1.80. The largest absolute Gasteiger partial charge is 0.338 e. The predicted octanol–water partition coefficient (Wildman–Crippen LogP) is 0.253. The van der Waals surface area contributed by atoms with Gasteiger partial charge in [-0.2, -0.15) is 0 Å². The second-order valence-electron chi connectivity index (χ2n) is 5.10. The van der Waals surface area contributed by atoms with Crippen molar-refractivity contribution in [3.05, 3.63) is 18.5 Å². The first-order chi connectivity index (χ1) is 9.04. The summed E-state index contributed by atoms with van der Waals surface area (Å²) in [6.45, 7) is 6.56. The number of nitrogens with two attached hydrogens (primary N) is 1. The Hall–Kier alpha value is -1.69. The molecule has 1 fully saturated rings. The minimum absolute atomic E-state index is 0.0311. The van der Waals surface area contributed by atoms with E-state index in [-0.39, 0.29) is 5.91 Å². The van der Waals surface area contributed by atoms with Crippen LogP contribution in [0.1, 0.15) is 20.3 Å². The number of nitrogens with zero attached hydrogens (tertiary/aromatic N) is 4. The van der Waals surface area contributed by atoms with E-state index in [0.29, 0.717) is 19.5 Å². The van der Waals surface area contributed by atoms with Gasteiger partial charge in [0.2, 0.25) is 11.9 Å². The summed E-state index contributed by atoms with van der Waals surface area (Å²) >= 11 is 0. The minimum Gasteiger partial charge on any atom is -0.338 e. The number of piperazine rings is 1. The molecule has 1 unspecified atom stereocenters. The smallest absolute Gasteiger partial charge is 0.242 e. The quantitative estimate of drug-likeness (QED) is 0.846. The molecule has 6 heteroatoms. The molecule has 1 aromatic rings. The lowest BCUT2D eigenvalue weighted by Crippen LogP contribution is -2.58. The Morgan fingerprint density at radius 1 is 1.32 bits per heavy atom. The molecule has 0 saturated carbocycles. The van der Waals surface area contributed by atoms with Gasteiger partial charge in [0.15, 0.2) is 0 Å². The van der Waals surface area contributed by atoms with Crippen LogP contribution in [0.25, 0.3) is 0 Å². The molecule has 2 rings (SSSR count). The Morgan fingerprint density at radius 3 is 2.42 bits per heavy atom. The standard InChI is InChI=1S/C13H21N5O/c1-3-13(2,14)11(19)17-7-9-18(10-8-17)12-15-5-4-6-16-12/h4-6H,3,7-10,14H2,1-2H3. The summed E-state index contributed by atoms with van der Waals surface area (Å²) in [7, 11) is 0. The van der Waals surface area contributed by atoms with Gasteiger partial charge in [-0.25, -0.2) is 9.97 Å². The highest BCUT2D eigenvalue weighted by Crippen LogP contribution is 2.14. The van der Waals surface area contributed by atoms with Crippen LogP contribution in [0.5, 0.6) is 0 Å². The molecule has 0 aromatic carbocycles. The van der Waals surface area contributed by atoms with E-state index in [1.165, 1.54) is 0 Å². The molecule has 1 aromatic heterocycles. The van der Waals surface area contributed by atoms with Crippen LogP contribution >= 0.6 is 0 Å². The number of carbonyl (C=O) groups excluding carboxylic acids is 1. The van der Waals surface area contributed by atoms with Crippen molar-refractivity contribution < 1.29 is 4.79 Å². The summed E-state index contributed by atoms with van der Waals surface area (Å²) in [4.78, 5) is 24.6. The van der Waals surface area contributed by atoms with E-state index >= 15 is 0 Å². The molecule has 2 N–H and O–H groups in total. The Morgan fingerprint density at radius 2 is 1.89 bits per heavy atom. The molecule has 2 heterocycles. The number of aromatic nitrogens is 2. The Kier molecular flexibility index (Phi) is 3.99. The van der Waals surface area contributed by atoms with Crippen LogP contribution in [0.4, 0.5) is 5.95 Å². The maximum atomic E-state index is 12.2. The molecule has 0 aliphatic carbocycles. The molecule has 19 heavy (non-hydrogen) atoms. The zero-order valence-corrected chi connectivity index (χ0v) is 11.5. The fraction of sp³-hybridized carbons (Fsp3) is 0.615. The van der Waals surface area contributed by atoms with Crippen molar-refractivity contribution in [2.75, 3.05) is 31.1 Å². The van der Waals surface area contributed by atoms with Crippen LogP contribution in [0.15, 0.2) is 18.5 Å². The van der Waals surface area contributed by atoms with Crippen molar-refractivity contribution in [1.82, 2.24) is 14.9 Å². The fourth-order valence-corrected chi connectivity index (χ4v) is 2.08. The number of carbonyl (C=O) groups is 1. The van der Waals surface area contributed by atoms with Crippen LogP contribution in [0.3, 0.4) is 0 Å². The van der Waals surface area contributed by atoms with Crippen molar-refractivity contribution >= 4 is 11.9 Å².